The average Bonchev–Trinajstić information content (AvgIpc) is 2.53. The number of amides is 1. The summed E-state index contributed by atoms with van der Waals surface area (Å²) in [4.78, 5) is 22.9. The molecule has 110 valence electrons. The molecule has 0 unspecified atom stereocenters. The monoisotopic (exact) mass is 312 g/mol. The summed E-state index contributed by atoms with van der Waals surface area (Å²) in [7, 11) is 0. The van der Waals surface area contributed by atoms with E-state index < -0.39 is 5.97 Å². The van der Waals surface area contributed by atoms with Crippen LogP contribution in [0.3, 0.4) is 0 Å². The van der Waals surface area contributed by atoms with Crippen LogP contribution in [0.15, 0.2) is 48.5 Å². The molecule has 0 fully saturated rings. The number of anilines is 1. The summed E-state index contributed by atoms with van der Waals surface area (Å²) in [5, 5.41) is 20.0. The van der Waals surface area contributed by atoms with Crippen LogP contribution in [0.25, 0.3) is 0 Å². The van der Waals surface area contributed by atoms with Crippen molar-refractivity contribution in [3.8, 4) is 6.07 Å². The molecule has 2 aromatic rings. The predicted octanol–water partition coefficient (Wildman–Crippen LogP) is 3.72. The van der Waals surface area contributed by atoms with Crippen LogP contribution in [0.5, 0.6) is 0 Å². The quantitative estimate of drug-likeness (QED) is 0.898. The number of thioether (sulfide) groups is 1. The predicted molar refractivity (Wildman–Crippen MR) is 84.9 cm³/mol. The van der Waals surface area contributed by atoms with Gasteiger partial charge in [-0.2, -0.15) is 5.26 Å². The van der Waals surface area contributed by atoms with Crippen molar-refractivity contribution in [3.63, 3.8) is 0 Å². The number of aromatic carboxylic acids is 1. The van der Waals surface area contributed by atoms with Crippen molar-refractivity contribution in [2.45, 2.75) is 5.75 Å². The third-order valence-electron chi connectivity index (χ3n) is 2.85. The Morgan fingerprint density at radius 1 is 1.14 bits per heavy atom. The van der Waals surface area contributed by atoms with Gasteiger partial charge < -0.3 is 10.4 Å². The number of hydrogen-bond acceptors (Lipinski definition) is 4. The topological polar surface area (TPSA) is 90.2 Å². The third kappa shape index (κ3) is 4.11. The molecule has 1 amide bonds. The molecule has 2 N–H and O–H groups in total. The first kappa shape index (κ1) is 15.6. The van der Waals surface area contributed by atoms with Gasteiger partial charge in [-0.25, -0.2) is 4.79 Å². The van der Waals surface area contributed by atoms with Crippen LogP contribution >= 0.6 is 11.8 Å². The molecular weight excluding hydrogens is 300 g/mol. The van der Waals surface area contributed by atoms with E-state index in [9.17, 15) is 9.59 Å². The van der Waals surface area contributed by atoms with Crippen LogP contribution < -0.4 is 5.32 Å². The number of carboxylic acids is 1. The van der Waals surface area contributed by atoms with Crippen LogP contribution in [-0.2, 0) is 5.75 Å². The molecule has 0 radical (unpaired) electrons. The van der Waals surface area contributed by atoms with E-state index in [2.05, 4.69) is 5.32 Å². The third-order valence-corrected chi connectivity index (χ3v) is 3.69. The zero-order chi connectivity index (χ0) is 15.9. The fraction of sp³-hybridized carbons (Fsp3) is 0.0625. The standard InChI is InChI=1S/C16H12N2O3S/c17-9-11-5-7-12(8-6-11)10-22-16(21)18-14-4-2-1-3-13(14)15(19)20/h1-8H,10H2,(H,18,21)(H,19,20). The van der Waals surface area contributed by atoms with Crippen LogP contribution in [0.2, 0.25) is 0 Å². The first-order valence-corrected chi connectivity index (χ1v) is 7.34. The van der Waals surface area contributed by atoms with E-state index in [1.165, 1.54) is 6.07 Å². The van der Waals surface area contributed by atoms with Gasteiger partial charge in [0.15, 0.2) is 0 Å². The molecule has 22 heavy (non-hydrogen) atoms. The van der Waals surface area contributed by atoms with Crippen LogP contribution in [0, 0.1) is 11.3 Å². The maximum atomic E-state index is 11.9. The van der Waals surface area contributed by atoms with E-state index in [0.29, 0.717) is 11.3 Å². The minimum absolute atomic E-state index is 0.0508. The zero-order valence-corrected chi connectivity index (χ0v) is 12.3. The second kappa shape index (κ2) is 7.29. The number of nitrogens with zero attached hydrogens (tertiary/aromatic N) is 1. The van der Waals surface area contributed by atoms with Gasteiger partial charge in [-0.05, 0) is 29.8 Å². The Balaban J connectivity index is 1.96. The highest BCUT2D eigenvalue weighted by Crippen LogP contribution is 2.20. The molecule has 0 saturated carbocycles. The van der Waals surface area contributed by atoms with Crippen molar-refractivity contribution < 1.29 is 14.7 Å². The van der Waals surface area contributed by atoms with Gasteiger partial charge in [-0.15, -0.1) is 0 Å². The molecular formula is C16H12N2O3S. The summed E-state index contributed by atoms with van der Waals surface area (Å²) in [5.74, 6) is -0.653. The van der Waals surface area contributed by atoms with Gasteiger partial charge in [-0.3, -0.25) is 4.79 Å². The molecule has 0 aromatic heterocycles. The maximum Gasteiger partial charge on any atom is 0.337 e. The number of carbonyl (C=O) groups is 2. The van der Waals surface area contributed by atoms with Gasteiger partial charge in [0.05, 0.1) is 22.9 Å². The fourth-order valence-corrected chi connectivity index (χ4v) is 2.42. The van der Waals surface area contributed by atoms with Crippen LogP contribution in [0.4, 0.5) is 10.5 Å². The van der Waals surface area contributed by atoms with Crippen molar-refractivity contribution in [2.75, 3.05) is 5.32 Å². The molecule has 0 aliphatic carbocycles. The summed E-state index contributed by atoms with van der Waals surface area (Å²) in [6.45, 7) is 0. The number of hydrogen-bond donors (Lipinski definition) is 2. The lowest BCUT2D eigenvalue weighted by molar-refractivity contribution is 0.0698. The minimum Gasteiger partial charge on any atom is -0.478 e. The summed E-state index contributed by atoms with van der Waals surface area (Å²) >= 11 is 1.03. The van der Waals surface area contributed by atoms with Crippen molar-refractivity contribution >= 4 is 28.7 Å². The van der Waals surface area contributed by atoms with Gasteiger partial charge in [0.2, 0.25) is 0 Å². The Bertz CT molecular complexity index is 736. The zero-order valence-electron chi connectivity index (χ0n) is 11.4. The van der Waals surface area contributed by atoms with E-state index in [-0.39, 0.29) is 16.5 Å². The van der Waals surface area contributed by atoms with Gasteiger partial charge in [-0.1, -0.05) is 36.0 Å². The summed E-state index contributed by atoms with van der Waals surface area (Å²) in [6.07, 6.45) is 0. The lowest BCUT2D eigenvalue weighted by atomic mass is 10.2. The smallest absolute Gasteiger partial charge is 0.337 e. The second-order valence-corrected chi connectivity index (χ2v) is 5.31. The van der Waals surface area contributed by atoms with Gasteiger partial charge in [0.25, 0.3) is 5.24 Å². The Morgan fingerprint density at radius 3 is 2.45 bits per heavy atom. The minimum atomic E-state index is -1.09. The van der Waals surface area contributed by atoms with Crippen LogP contribution in [0.1, 0.15) is 21.5 Å². The van der Waals surface area contributed by atoms with E-state index in [1.54, 1.807) is 42.5 Å². The Kier molecular flexibility index (Phi) is 5.17. The molecule has 5 nitrogen and oxygen atoms in total. The number of para-hydroxylation sites is 1. The lowest BCUT2D eigenvalue weighted by Crippen LogP contribution is -2.10. The molecule has 0 saturated heterocycles. The molecule has 2 rings (SSSR count). The Morgan fingerprint density at radius 2 is 1.82 bits per heavy atom. The molecule has 6 heteroatoms. The largest absolute Gasteiger partial charge is 0.478 e. The van der Waals surface area contributed by atoms with E-state index in [1.807, 2.05) is 6.07 Å². The first-order valence-electron chi connectivity index (χ1n) is 6.35. The number of rotatable bonds is 4. The van der Waals surface area contributed by atoms with E-state index in [4.69, 9.17) is 10.4 Å². The summed E-state index contributed by atoms with van der Waals surface area (Å²) in [5.41, 5.74) is 1.79. The fourth-order valence-electron chi connectivity index (χ4n) is 1.75. The molecule has 0 aliphatic heterocycles. The first-order chi connectivity index (χ1) is 10.6. The molecule has 2 aromatic carbocycles. The highest BCUT2D eigenvalue weighted by molar-refractivity contribution is 8.13. The number of carboxylic acid groups (broad SMARTS) is 1. The van der Waals surface area contributed by atoms with E-state index >= 15 is 0 Å². The van der Waals surface area contributed by atoms with Crippen molar-refractivity contribution in [1.82, 2.24) is 0 Å². The summed E-state index contributed by atoms with van der Waals surface area (Å²) < 4.78 is 0. The number of nitriles is 1. The van der Waals surface area contributed by atoms with Crippen molar-refractivity contribution in [2.24, 2.45) is 0 Å². The average molecular weight is 312 g/mol. The van der Waals surface area contributed by atoms with E-state index in [0.717, 1.165) is 17.3 Å². The lowest BCUT2D eigenvalue weighted by Gasteiger charge is -2.07. The van der Waals surface area contributed by atoms with Crippen molar-refractivity contribution in [3.05, 3.63) is 65.2 Å². The van der Waals surface area contributed by atoms with Crippen molar-refractivity contribution in [1.29, 1.82) is 5.26 Å². The van der Waals surface area contributed by atoms with Crippen LogP contribution in [-0.4, -0.2) is 16.3 Å². The highest BCUT2D eigenvalue weighted by Gasteiger charge is 2.11. The Labute approximate surface area is 131 Å². The SMILES string of the molecule is N#Cc1ccc(CSC(=O)Nc2ccccc2C(=O)O)cc1. The number of benzene rings is 2. The molecule has 0 bridgehead atoms. The number of nitrogens with one attached hydrogen (secondary N) is 1. The highest BCUT2D eigenvalue weighted by atomic mass is 32.2. The normalized spacial score (nSPS) is 9.77. The molecule has 0 spiro atoms. The summed E-state index contributed by atoms with van der Waals surface area (Å²) in [6, 6.07) is 15.2. The molecule has 0 heterocycles. The van der Waals surface area contributed by atoms with Gasteiger partial charge in [0.1, 0.15) is 0 Å². The van der Waals surface area contributed by atoms with Gasteiger partial charge >= 0.3 is 5.97 Å². The maximum absolute atomic E-state index is 11.9. The molecule has 0 atom stereocenters. The Hall–Kier alpha value is -2.78. The number of carbonyl (C=O) groups excluding carboxylic acids is 1. The second-order valence-electron chi connectivity index (χ2n) is 4.36. The molecule has 0 aliphatic rings. The van der Waals surface area contributed by atoms with Gasteiger partial charge in [0, 0.05) is 5.75 Å².